The summed E-state index contributed by atoms with van der Waals surface area (Å²) in [5.41, 5.74) is -0.930. The highest BCUT2D eigenvalue weighted by molar-refractivity contribution is 5.54. The summed E-state index contributed by atoms with van der Waals surface area (Å²) >= 11 is 0. The molecule has 0 bridgehead atoms. The molecule has 1 aliphatic heterocycles. The molecule has 5 heteroatoms. The van der Waals surface area contributed by atoms with Gasteiger partial charge in [0.05, 0.1) is 11.6 Å². The van der Waals surface area contributed by atoms with Crippen molar-refractivity contribution in [2.24, 2.45) is 11.8 Å². The zero-order valence-corrected chi connectivity index (χ0v) is 12.8. The summed E-state index contributed by atoms with van der Waals surface area (Å²) in [5.74, 6) is -1.24. The fraction of sp³-hybridized carbons (Fsp3) is 0.588. The Morgan fingerprint density at radius 2 is 1.91 bits per heavy atom. The lowest BCUT2D eigenvalue weighted by Gasteiger charge is -2.38. The summed E-state index contributed by atoms with van der Waals surface area (Å²) in [5, 5.41) is 19.8. The van der Waals surface area contributed by atoms with Gasteiger partial charge in [-0.15, -0.1) is 0 Å². The molecule has 0 spiro atoms. The van der Waals surface area contributed by atoms with Gasteiger partial charge in [-0.3, -0.25) is 0 Å². The third kappa shape index (κ3) is 2.26. The molecule has 2 atom stereocenters. The molecule has 0 aromatic heterocycles. The first kappa shape index (κ1) is 15.2. The number of hydrogen-bond acceptors (Lipinski definition) is 3. The van der Waals surface area contributed by atoms with E-state index in [1.165, 1.54) is 12.1 Å². The van der Waals surface area contributed by atoms with Crippen LogP contribution in [0.5, 0.6) is 0 Å². The fourth-order valence-corrected chi connectivity index (χ4v) is 3.94. The summed E-state index contributed by atoms with van der Waals surface area (Å²) < 4.78 is 27.8. The van der Waals surface area contributed by atoms with Crippen LogP contribution in [0, 0.1) is 34.8 Å². The topological polar surface area (TPSA) is 47.3 Å². The van der Waals surface area contributed by atoms with Crippen LogP contribution < -0.4 is 4.90 Å². The number of anilines is 1. The standard InChI is InChI=1S/C17H20F2N2O/c1-10(2)16-17(22,11-3-4-11)5-6-21(16)12-7-14(18)13(9-20)15(19)8-12/h7-8,10-11,16,22H,3-6H2,1-2H3. The molecule has 1 N–H and O–H groups in total. The molecule has 3 nitrogen and oxygen atoms in total. The van der Waals surface area contributed by atoms with Crippen molar-refractivity contribution < 1.29 is 13.9 Å². The summed E-state index contributed by atoms with van der Waals surface area (Å²) in [6.45, 7) is 4.61. The lowest BCUT2D eigenvalue weighted by molar-refractivity contribution is -0.00295. The third-order valence-corrected chi connectivity index (χ3v) is 4.99. The first-order chi connectivity index (χ1) is 10.4. The van der Waals surface area contributed by atoms with E-state index in [1.54, 1.807) is 6.07 Å². The van der Waals surface area contributed by atoms with Crippen LogP contribution in [0.2, 0.25) is 0 Å². The minimum atomic E-state index is -0.845. The molecule has 1 aromatic rings. The molecule has 0 amide bonds. The van der Waals surface area contributed by atoms with Crippen molar-refractivity contribution >= 4 is 5.69 Å². The number of hydrogen-bond donors (Lipinski definition) is 1. The van der Waals surface area contributed by atoms with Crippen LogP contribution in [0.1, 0.15) is 38.7 Å². The Morgan fingerprint density at radius 3 is 2.36 bits per heavy atom. The predicted octanol–water partition coefficient (Wildman–Crippen LogP) is 3.21. The molecule has 118 valence electrons. The Hall–Kier alpha value is -1.67. The Balaban J connectivity index is 1.99. The summed E-state index contributed by atoms with van der Waals surface area (Å²) in [7, 11) is 0. The van der Waals surface area contributed by atoms with Crippen molar-refractivity contribution in [2.75, 3.05) is 11.4 Å². The minimum absolute atomic E-state index is 0.160. The van der Waals surface area contributed by atoms with Crippen LogP contribution in [-0.2, 0) is 0 Å². The van der Waals surface area contributed by atoms with E-state index in [-0.39, 0.29) is 17.9 Å². The van der Waals surface area contributed by atoms with Crippen LogP contribution in [0.4, 0.5) is 14.5 Å². The highest BCUT2D eigenvalue weighted by atomic mass is 19.1. The normalized spacial score (nSPS) is 28.2. The highest BCUT2D eigenvalue weighted by Gasteiger charge is 2.55. The molecule has 0 radical (unpaired) electrons. The van der Waals surface area contributed by atoms with Crippen LogP contribution in [0.15, 0.2) is 12.1 Å². The zero-order valence-electron chi connectivity index (χ0n) is 12.8. The van der Waals surface area contributed by atoms with Gasteiger partial charge in [-0.05, 0) is 43.2 Å². The average molecular weight is 306 g/mol. The molecule has 3 rings (SSSR count). The third-order valence-electron chi connectivity index (χ3n) is 4.99. The van der Waals surface area contributed by atoms with Crippen molar-refractivity contribution in [2.45, 2.75) is 44.8 Å². The number of nitriles is 1. The number of aliphatic hydroxyl groups is 1. The maximum Gasteiger partial charge on any atom is 0.146 e. The van der Waals surface area contributed by atoms with Crippen LogP contribution in [0.3, 0.4) is 0 Å². The second kappa shape index (κ2) is 5.20. The van der Waals surface area contributed by atoms with Crippen molar-refractivity contribution in [1.29, 1.82) is 5.26 Å². The van der Waals surface area contributed by atoms with Crippen molar-refractivity contribution in [3.8, 4) is 6.07 Å². The quantitative estimate of drug-likeness (QED) is 0.933. The molecule has 1 heterocycles. The van der Waals surface area contributed by atoms with Crippen LogP contribution >= 0.6 is 0 Å². The molecule has 2 aliphatic rings. The van der Waals surface area contributed by atoms with E-state index in [1.807, 2.05) is 18.7 Å². The largest absolute Gasteiger partial charge is 0.387 e. The molecule has 2 unspecified atom stereocenters. The lowest BCUT2D eigenvalue weighted by Crippen LogP contribution is -2.49. The van der Waals surface area contributed by atoms with E-state index in [0.29, 0.717) is 18.7 Å². The van der Waals surface area contributed by atoms with Crippen LogP contribution in [0.25, 0.3) is 0 Å². The van der Waals surface area contributed by atoms with Gasteiger partial charge in [0, 0.05) is 12.2 Å². The zero-order chi connectivity index (χ0) is 16.1. The Labute approximate surface area is 129 Å². The predicted molar refractivity (Wildman–Crippen MR) is 79.3 cm³/mol. The highest BCUT2D eigenvalue weighted by Crippen LogP contribution is 2.50. The van der Waals surface area contributed by atoms with Gasteiger partial charge in [0.1, 0.15) is 23.3 Å². The second-order valence-corrected chi connectivity index (χ2v) is 6.79. The molecule has 1 aliphatic carbocycles. The monoisotopic (exact) mass is 306 g/mol. The molecule has 2 fully saturated rings. The first-order valence-corrected chi connectivity index (χ1v) is 7.76. The molecular weight excluding hydrogens is 286 g/mol. The summed E-state index contributed by atoms with van der Waals surface area (Å²) in [6, 6.07) is 3.79. The van der Waals surface area contributed by atoms with Gasteiger partial charge < -0.3 is 10.0 Å². The molecule has 1 saturated heterocycles. The molecule has 1 aromatic carbocycles. The van der Waals surface area contributed by atoms with Gasteiger partial charge in [-0.25, -0.2) is 8.78 Å². The fourth-order valence-electron chi connectivity index (χ4n) is 3.94. The van der Waals surface area contributed by atoms with Gasteiger partial charge in [-0.1, -0.05) is 13.8 Å². The number of nitrogens with zero attached hydrogens (tertiary/aromatic N) is 2. The van der Waals surface area contributed by atoms with E-state index >= 15 is 0 Å². The second-order valence-electron chi connectivity index (χ2n) is 6.79. The SMILES string of the molecule is CC(C)C1N(c2cc(F)c(C#N)c(F)c2)CCC1(O)C1CC1. The van der Waals surface area contributed by atoms with E-state index in [9.17, 15) is 13.9 Å². The Kier molecular flexibility index (Phi) is 3.60. The molecular formula is C17H20F2N2O. The van der Waals surface area contributed by atoms with Gasteiger partial charge in [-0.2, -0.15) is 5.26 Å². The smallest absolute Gasteiger partial charge is 0.146 e. The van der Waals surface area contributed by atoms with Gasteiger partial charge in [0.2, 0.25) is 0 Å². The van der Waals surface area contributed by atoms with Crippen molar-refractivity contribution in [1.82, 2.24) is 0 Å². The Bertz CT molecular complexity index is 613. The number of rotatable bonds is 3. The number of benzene rings is 1. The summed E-state index contributed by atoms with van der Waals surface area (Å²) in [4.78, 5) is 1.90. The van der Waals surface area contributed by atoms with E-state index in [0.717, 1.165) is 12.8 Å². The van der Waals surface area contributed by atoms with Crippen molar-refractivity contribution in [3.63, 3.8) is 0 Å². The van der Waals surface area contributed by atoms with E-state index in [4.69, 9.17) is 5.26 Å². The van der Waals surface area contributed by atoms with E-state index in [2.05, 4.69) is 0 Å². The molecule has 22 heavy (non-hydrogen) atoms. The Morgan fingerprint density at radius 1 is 1.32 bits per heavy atom. The maximum absolute atomic E-state index is 13.9. The number of halogens is 2. The van der Waals surface area contributed by atoms with Gasteiger partial charge >= 0.3 is 0 Å². The average Bonchev–Trinajstić information content (AvgIpc) is 3.22. The lowest BCUT2D eigenvalue weighted by atomic mass is 9.83. The van der Waals surface area contributed by atoms with E-state index < -0.39 is 22.8 Å². The van der Waals surface area contributed by atoms with Crippen LogP contribution in [-0.4, -0.2) is 23.3 Å². The summed E-state index contributed by atoms with van der Waals surface area (Å²) in [6.07, 6.45) is 2.65. The first-order valence-electron chi connectivity index (χ1n) is 7.76. The minimum Gasteiger partial charge on any atom is -0.387 e. The maximum atomic E-state index is 13.9. The van der Waals surface area contributed by atoms with Gasteiger partial charge in [0.15, 0.2) is 0 Å². The molecule has 1 saturated carbocycles. The van der Waals surface area contributed by atoms with Crippen molar-refractivity contribution in [3.05, 3.63) is 29.3 Å². The van der Waals surface area contributed by atoms with Gasteiger partial charge in [0.25, 0.3) is 0 Å².